The van der Waals surface area contributed by atoms with Crippen LogP contribution in [0.4, 0.5) is 4.39 Å². The summed E-state index contributed by atoms with van der Waals surface area (Å²) in [5, 5.41) is 13.1. The normalized spacial score (nSPS) is 16.7. The number of hydrogen-bond acceptors (Lipinski definition) is 4. The van der Waals surface area contributed by atoms with Crippen LogP contribution < -0.4 is 0 Å². The Hall–Kier alpha value is -3.55. The van der Waals surface area contributed by atoms with Gasteiger partial charge >= 0.3 is 0 Å². The minimum Gasteiger partial charge on any atom is -0.338 e. The number of carbonyl (C=O) groups excluding carboxylic acids is 1. The predicted molar refractivity (Wildman–Crippen MR) is 114 cm³/mol. The van der Waals surface area contributed by atoms with E-state index in [1.807, 2.05) is 40.6 Å². The van der Waals surface area contributed by atoms with Crippen LogP contribution in [0.1, 0.15) is 47.6 Å². The van der Waals surface area contributed by atoms with Crippen LogP contribution in [-0.2, 0) is 6.42 Å². The second-order valence-corrected chi connectivity index (χ2v) is 7.82. The lowest BCUT2D eigenvalue weighted by Crippen LogP contribution is -2.39. The van der Waals surface area contributed by atoms with Crippen LogP contribution in [0, 0.1) is 5.82 Å². The van der Waals surface area contributed by atoms with E-state index in [9.17, 15) is 9.18 Å². The number of pyridine rings is 1. The second-order valence-electron chi connectivity index (χ2n) is 7.82. The Morgan fingerprint density at radius 3 is 2.81 bits per heavy atom. The summed E-state index contributed by atoms with van der Waals surface area (Å²) in [7, 11) is 0. The molecule has 0 aliphatic carbocycles. The molecule has 1 aromatic carbocycles. The van der Waals surface area contributed by atoms with Crippen molar-refractivity contribution < 1.29 is 9.18 Å². The molecule has 0 radical (unpaired) electrons. The van der Waals surface area contributed by atoms with Crippen molar-refractivity contribution in [3.05, 3.63) is 77.8 Å². The molecule has 5 rings (SSSR count). The third-order valence-electron chi connectivity index (χ3n) is 5.92. The number of carbonyl (C=O) groups is 1. The number of hydrogen-bond donors (Lipinski definition) is 0. The average Bonchev–Trinajstić information content (AvgIpc) is 3.43. The first-order chi connectivity index (χ1) is 15.2. The number of amides is 1. The van der Waals surface area contributed by atoms with Crippen molar-refractivity contribution in [1.82, 2.24) is 29.3 Å². The minimum absolute atomic E-state index is 0.0243. The first-order valence-electron chi connectivity index (χ1n) is 10.6. The largest absolute Gasteiger partial charge is 0.338 e. The molecule has 3 aromatic heterocycles. The van der Waals surface area contributed by atoms with Crippen LogP contribution in [0.3, 0.4) is 0 Å². The Morgan fingerprint density at radius 2 is 2.00 bits per heavy atom. The Kier molecular flexibility index (Phi) is 4.97. The van der Waals surface area contributed by atoms with Gasteiger partial charge in [0.05, 0.1) is 23.1 Å². The molecule has 4 heterocycles. The summed E-state index contributed by atoms with van der Waals surface area (Å²) in [6.07, 6.45) is 6.11. The maximum absolute atomic E-state index is 13.4. The molecule has 0 bridgehead atoms. The van der Waals surface area contributed by atoms with Crippen molar-refractivity contribution in [1.29, 1.82) is 0 Å². The molecule has 0 spiro atoms. The molecule has 1 aliphatic rings. The Balaban J connectivity index is 1.42. The van der Waals surface area contributed by atoms with E-state index < -0.39 is 0 Å². The molecule has 1 saturated heterocycles. The zero-order chi connectivity index (χ0) is 21.4. The third-order valence-corrected chi connectivity index (χ3v) is 5.92. The number of halogens is 1. The van der Waals surface area contributed by atoms with Gasteiger partial charge in [0.1, 0.15) is 11.6 Å². The van der Waals surface area contributed by atoms with E-state index in [4.69, 9.17) is 0 Å². The van der Waals surface area contributed by atoms with Crippen molar-refractivity contribution >= 4 is 11.6 Å². The molecule has 1 amide bonds. The van der Waals surface area contributed by atoms with Gasteiger partial charge < -0.3 is 4.90 Å². The first kappa shape index (κ1) is 19.4. The summed E-state index contributed by atoms with van der Waals surface area (Å²) >= 11 is 0. The lowest BCUT2D eigenvalue weighted by Gasteiger charge is -2.32. The van der Waals surface area contributed by atoms with E-state index in [0.717, 1.165) is 35.7 Å². The van der Waals surface area contributed by atoms with E-state index in [1.165, 1.54) is 12.1 Å². The van der Waals surface area contributed by atoms with Gasteiger partial charge in [-0.1, -0.05) is 13.0 Å². The Morgan fingerprint density at radius 1 is 1.16 bits per heavy atom. The fourth-order valence-electron chi connectivity index (χ4n) is 4.38. The maximum Gasteiger partial charge on any atom is 0.257 e. The summed E-state index contributed by atoms with van der Waals surface area (Å²) in [5.74, 6) is 0.701. The fourth-order valence-corrected chi connectivity index (χ4v) is 4.38. The molecular weight excluding hydrogens is 395 g/mol. The standard InChI is InChI=1S/C23H23FN6O/c1-2-20-19(14-25-30(20)18-10-8-17(24)9-11-18)23(31)28-12-5-6-16(15-28)22-27-26-21-7-3-4-13-29(21)22/h3-4,7-11,13-14,16H,2,5-6,12,15H2,1H3/t16-/m0/s1. The highest BCUT2D eigenvalue weighted by Crippen LogP contribution is 2.28. The van der Waals surface area contributed by atoms with Crippen molar-refractivity contribution in [3.8, 4) is 5.69 Å². The molecule has 0 unspecified atom stereocenters. The predicted octanol–water partition coefficient (Wildman–Crippen LogP) is 3.64. The van der Waals surface area contributed by atoms with Crippen LogP contribution in [0.25, 0.3) is 11.3 Å². The SMILES string of the molecule is CCc1c(C(=O)N2CCC[C@H](c3nnc4ccccn34)C2)cnn1-c1ccc(F)cc1. The molecule has 8 heteroatoms. The zero-order valence-electron chi connectivity index (χ0n) is 17.3. The number of aromatic nitrogens is 5. The number of benzene rings is 1. The van der Waals surface area contributed by atoms with Gasteiger partial charge in [-0.25, -0.2) is 9.07 Å². The first-order valence-corrected chi connectivity index (χ1v) is 10.6. The minimum atomic E-state index is -0.300. The number of nitrogens with zero attached hydrogens (tertiary/aromatic N) is 6. The van der Waals surface area contributed by atoms with Gasteiger partial charge in [0.15, 0.2) is 5.65 Å². The Bertz CT molecular complexity index is 1230. The van der Waals surface area contributed by atoms with Gasteiger partial charge in [-0.3, -0.25) is 9.20 Å². The molecular formula is C23H23FN6O. The van der Waals surface area contributed by atoms with Crippen molar-refractivity contribution in [2.75, 3.05) is 13.1 Å². The molecule has 0 N–H and O–H groups in total. The van der Waals surface area contributed by atoms with Crippen molar-refractivity contribution in [2.45, 2.75) is 32.1 Å². The van der Waals surface area contributed by atoms with Crippen LogP contribution in [0.2, 0.25) is 0 Å². The van der Waals surface area contributed by atoms with Gasteiger partial charge in [-0.2, -0.15) is 5.10 Å². The average molecular weight is 418 g/mol. The van der Waals surface area contributed by atoms with Gasteiger partial charge in [-0.15, -0.1) is 10.2 Å². The Labute approximate surface area is 179 Å². The molecule has 7 nitrogen and oxygen atoms in total. The molecule has 0 saturated carbocycles. The van der Waals surface area contributed by atoms with Crippen LogP contribution in [-0.4, -0.2) is 48.3 Å². The molecule has 4 aromatic rings. The number of piperidine rings is 1. The lowest BCUT2D eigenvalue weighted by atomic mass is 9.96. The van der Waals surface area contributed by atoms with Crippen LogP contribution in [0.15, 0.2) is 54.9 Å². The summed E-state index contributed by atoms with van der Waals surface area (Å²) in [5.41, 5.74) is 2.98. The molecule has 31 heavy (non-hydrogen) atoms. The van der Waals surface area contributed by atoms with Crippen molar-refractivity contribution in [3.63, 3.8) is 0 Å². The van der Waals surface area contributed by atoms with E-state index in [-0.39, 0.29) is 17.6 Å². The molecule has 1 fully saturated rings. The number of fused-ring (bicyclic) bond motifs is 1. The van der Waals surface area contributed by atoms with Crippen LogP contribution >= 0.6 is 0 Å². The highest BCUT2D eigenvalue weighted by molar-refractivity contribution is 5.95. The fraction of sp³-hybridized carbons (Fsp3) is 0.304. The molecule has 158 valence electrons. The summed E-state index contributed by atoms with van der Waals surface area (Å²) in [6.45, 7) is 3.30. The summed E-state index contributed by atoms with van der Waals surface area (Å²) in [6, 6.07) is 12.0. The molecule has 1 aliphatic heterocycles. The molecule has 1 atom stereocenters. The van der Waals surface area contributed by atoms with Crippen molar-refractivity contribution in [2.24, 2.45) is 0 Å². The van der Waals surface area contributed by atoms with Gasteiger partial charge in [0.2, 0.25) is 0 Å². The van der Waals surface area contributed by atoms with E-state index >= 15 is 0 Å². The van der Waals surface area contributed by atoms with Gasteiger partial charge in [0.25, 0.3) is 5.91 Å². The number of likely N-dealkylation sites (tertiary alicyclic amines) is 1. The smallest absolute Gasteiger partial charge is 0.257 e. The monoisotopic (exact) mass is 418 g/mol. The highest BCUT2D eigenvalue weighted by Gasteiger charge is 2.30. The summed E-state index contributed by atoms with van der Waals surface area (Å²) < 4.78 is 17.0. The highest BCUT2D eigenvalue weighted by atomic mass is 19.1. The zero-order valence-corrected chi connectivity index (χ0v) is 17.3. The van der Waals surface area contributed by atoms with Gasteiger partial charge in [-0.05, 0) is 55.7 Å². The maximum atomic E-state index is 13.4. The third kappa shape index (κ3) is 3.48. The lowest BCUT2D eigenvalue weighted by molar-refractivity contribution is 0.0703. The van der Waals surface area contributed by atoms with Gasteiger partial charge in [0, 0.05) is 25.2 Å². The van der Waals surface area contributed by atoms with E-state index in [0.29, 0.717) is 25.1 Å². The topological polar surface area (TPSA) is 68.3 Å². The quantitative estimate of drug-likeness (QED) is 0.508. The number of rotatable bonds is 4. The van der Waals surface area contributed by atoms with E-state index in [2.05, 4.69) is 15.3 Å². The van der Waals surface area contributed by atoms with Crippen LogP contribution in [0.5, 0.6) is 0 Å². The second kappa shape index (κ2) is 7.94. The van der Waals surface area contributed by atoms with E-state index in [1.54, 1.807) is 23.0 Å². The summed E-state index contributed by atoms with van der Waals surface area (Å²) in [4.78, 5) is 15.3.